The third-order valence-electron chi connectivity index (χ3n) is 4.04. The highest BCUT2D eigenvalue weighted by atomic mass is 35.5. The van der Waals surface area contributed by atoms with Crippen LogP contribution in [0.3, 0.4) is 0 Å². The van der Waals surface area contributed by atoms with E-state index in [2.05, 4.69) is 16.0 Å². The van der Waals surface area contributed by atoms with Crippen LogP contribution in [0.15, 0.2) is 24.3 Å². The molecule has 140 valence electrons. The van der Waals surface area contributed by atoms with Crippen molar-refractivity contribution in [3.05, 3.63) is 34.9 Å². The third-order valence-corrected chi connectivity index (χ3v) is 5.01. The number of nitrogens with one attached hydrogen (secondary N) is 3. The van der Waals surface area contributed by atoms with Gasteiger partial charge in [-0.25, -0.2) is 0 Å². The zero-order valence-electron chi connectivity index (χ0n) is 14.2. The van der Waals surface area contributed by atoms with Crippen LogP contribution in [-0.4, -0.2) is 49.0 Å². The number of benzene rings is 1. The first-order chi connectivity index (χ1) is 11.6. The van der Waals surface area contributed by atoms with Crippen LogP contribution in [0.4, 0.5) is 0 Å². The van der Waals surface area contributed by atoms with Crippen molar-refractivity contribution in [3.8, 4) is 0 Å². The van der Waals surface area contributed by atoms with Crippen LogP contribution in [0.1, 0.15) is 29.6 Å². The fourth-order valence-corrected chi connectivity index (χ4v) is 3.35. The van der Waals surface area contributed by atoms with Gasteiger partial charge < -0.3 is 16.0 Å². The minimum atomic E-state index is -0.545. The zero-order valence-corrected chi connectivity index (χ0v) is 16.6. The van der Waals surface area contributed by atoms with Gasteiger partial charge in [0.25, 0.3) is 5.91 Å². The predicted octanol–water partition coefficient (Wildman–Crippen LogP) is 2.48. The number of carbonyl (C=O) groups is 2. The summed E-state index contributed by atoms with van der Waals surface area (Å²) >= 11 is 7.72. The smallest absolute Gasteiger partial charge is 0.253 e. The molecule has 1 aliphatic heterocycles. The molecule has 8 heteroatoms. The summed E-state index contributed by atoms with van der Waals surface area (Å²) in [5, 5.41) is 9.56. The van der Waals surface area contributed by atoms with Crippen LogP contribution in [0.25, 0.3) is 0 Å². The number of hydrogen-bond donors (Lipinski definition) is 3. The second-order valence-electron chi connectivity index (χ2n) is 5.82. The number of amides is 2. The summed E-state index contributed by atoms with van der Waals surface area (Å²) in [4.78, 5) is 25.0. The van der Waals surface area contributed by atoms with E-state index in [1.807, 2.05) is 6.26 Å². The largest absolute Gasteiger partial charge is 0.351 e. The van der Waals surface area contributed by atoms with Gasteiger partial charge in [-0.1, -0.05) is 23.7 Å². The molecular formula is C17H25Cl2N3O2S. The maximum Gasteiger partial charge on any atom is 0.253 e. The lowest BCUT2D eigenvalue weighted by Crippen LogP contribution is -2.51. The van der Waals surface area contributed by atoms with Gasteiger partial charge in [-0.2, -0.15) is 11.8 Å². The van der Waals surface area contributed by atoms with Gasteiger partial charge in [0, 0.05) is 6.04 Å². The van der Waals surface area contributed by atoms with E-state index in [-0.39, 0.29) is 30.3 Å². The molecule has 1 aromatic rings. The highest BCUT2D eigenvalue weighted by Crippen LogP contribution is 2.15. The summed E-state index contributed by atoms with van der Waals surface area (Å²) in [6.45, 7) is 1.82. The van der Waals surface area contributed by atoms with Gasteiger partial charge >= 0.3 is 0 Å². The Morgan fingerprint density at radius 2 is 2.00 bits per heavy atom. The molecule has 5 nitrogen and oxygen atoms in total. The molecule has 0 spiro atoms. The summed E-state index contributed by atoms with van der Waals surface area (Å²) in [6, 6.07) is 6.49. The minimum Gasteiger partial charge on any atom is -0.351 e. The molecule has 2 rings (SSSR count). The Morgan fingerprint density at radius 3 is 2.64 bits per heavy atom. The average molecular weight is 406 g/mol. The first-order valence-electron chi connectivity index (χ1n) is 8.17. The van der Waals surface area contributed by atoms with Gasteiger partial charge in [-0.3, -0.25) is 9.59 Å². The lowest BCUT2D eigenvalue weighted by atomic mass is 10.1. The fraction of sp³-hybridized carbons (Fsp3) is 0.529. The van der Waals surface area contributed by atoms with Crippen LogP contribution in [0.5, 0.6) is 0 Å². The van der Waals surface area contributed by atoms with E-state index < -0.39 is 6.04 Å². The SMILES string of the molecule is CSCCC(NC(=O)c1ccccc1Cl)C(=O)NC1CCNCC1.Cl. The average Bonchev–Trinajstić information content (AvgIpc) is 2.59. The first kappa shape index (κ1) is 22.1. The molecule has 1 saturated heterocycles. The van der Waals surface area contributed by atoms with Crippen molar-refractivity contribution >= 4 is 47.6 Å². The van der Waals surface area contributed by atoms with Crippen molar-refractivity contribution in [3.63, 3.8) is 0 Å². The predicted molar refractivity (Wildman–Crippen MR) is 107 cm³/mol. The molecular weight excluding hydrogens is 381 g/mol. The Balaban J connectivity index is 0.00000312. The van der Waals surface area contributed by atoms with Gasteiger partial charge in [0.15, 0.2) is 0 Å². The quantitative estimate of drug-likeness (QED) is 0.651. The van der Waals surface area contributed by atoms with E-state index in [0.29, 0.717) is 17.0 Å². The maximum absolute atomic E-state index is 12.6. The molecule has 0 bridgehead atoms. The maximum atomic E-state index is 12.6. The number of piperidine rings is 1. The molecule has 2 amide bonds. The van der Waals surface area contributed by atoms with E-state index in [9.17, 15) is 9.59 Å². The van der Waals surface area contributed by atoms with Gasteiger partial charge in [0.2, 0.25) is 5.91 Å². The minimum absolute atomic E-state index is 0. The monoisotopic (exact) mass is 405 g/mol. The van der Waals surface area contributed by atoms with Gasteiger partial charge in [0.1, 0.15) is 6.04 Å². The van der Waals surface area contributed by atoms with Crippen molar-refractivity contribution in [1.29, 1.82) is 0 Å². The number of carbonyl (C=O) groups excluding carboxylic acids is 2. The van der Waals surface area contributed by atoms with E-state index in [4.69, 9.17) is 11.6 Å². The molecule has 0 radical (unpaired) electrons. The molecule has 3 N–H and O–H groups in total. The Kier molecular flexibility index (Phi) is 10.3. The summed E-state index contributed by atoms with van der Waals surface area (Å²) in [6.07, 6.45) is 4.41. The molecule has 1 aromatic carbocycles. The Labute approximate surface area is 164 Å². The lowest BCUT2D eigenvalue weighted by molar-refractivity contribution is -0.123. The zero-order chi connectivity index (χ0) is 17.4. The lowest BCUT2D eigenvalue weighted by Gasteiger charge is -2.26. The molecule has 0 saturated carbocycles. The standard InChI is InChI=1S/C17H24ClN3O2S.ClH/c1-24-11-8-15(17(23)20-12-6-9-19-10-7-12)21-16(22)13-4-2-3-5-14(13)18;/h2-5,12,15,19H,6-11H2,1H3,(H,20,23)(H,21,22);1H. The Bertz CT molecular complexity index is 569. The second kappa shape index (κ2) is 11.6. The Morgan fingerprint density at radius 1 is 1.32 bits per heavy atom. The molecule has 0 aliphatic carbocycles. The van der Waals surface area contributed by atoms with E-state index in [1.54, 1.807) is 36.0 Å². The summed E-state index contributed by atoms with van der Waals surface area (Å²) < 4.78 is 0. The summed E-state index contributed by atoms with van der Waals surface area (Å²) in [5.41, 5.74) is 0.392. The van der Waals surface area contributed by atoms with Crippen LogP contribution >= 0.6 is 35.8 Å². The number of halogens is 2. The molecule has 1 aliphatic rings. The van der Waals surface area contributed by atoms with Gasteiger partial charge in [-0.05, 0) is 56.5 Å². The number of rotatable bonds is 7. The van der Waals surface area contributed by atoms with Gasteiger partial charge in [0.05, 0.1) is 10.6 Å². The van der Waals surface area contributed by atoms with Crippen molar-refractivity contribution < 1.29 is 9.59 Å². The van der Waals surface area contributed by atoms with E-state index in [1.165, 1.54) is 0 Å². The van der Waals surface area contributed by atoms with Crippen LogP contribution in [-0.2, 0) is 4.79 Å². The van der Waals surface area contributed by atoms with Crippen LogP contribution in [0, 0.1) is 0 Å². The molecule has 1 heterocycles. The third kappa shape index (κ3) is 7.05. The molecule has 25 heavy (non-hydrogen) atoms. The highest BCUT2D eigenvalue weighted by molar-refractivity contribution is 7.98. The molecule has 1 fully saturated rings. The van der Waals surface area contributed by atoms with Crippen molar-refractivity contribution in [2.45, 2.75) is 31.3 Å². The Hall–Kier alpha value is -0.950. The molecule has 0 aromatic heterocycles. The van der Waals surface area contributed by atoms with Crippen molar-refractivity contribution in [2.24, 2.45) is 0 Å². The van der Waals surface area contributed by atoms with Crippen molar-refractivity contribution in [1.82, 2.24) is 16.0 Å². The highest BCUT2D eigenvalue weighted by Gasteiger charge is 2.24. The topological polar surface area (TPSA) is 70.2 Å². The summed E-state index contributed by atoms with van der Waals surface area (Å²) in [7, 11) is 0. The van der Waals surface area contributed by atoms with E-state index in [0.717, 1.165) is 31.7 Å². The second-order valence-corrected chi connectivity index (χ2v) is 7.21. The first-order valence-corrected chi connectivity index (χ1v) is 9.94. The van der Waals surface area contributed by atoms with Crippen LogP contribution < -0.4 is 16.0 Å². The van der Waals surface area contributed by atoms with E-state index >= 15 is 0 Å². The number of hydrogen-bond acceptors (Lipinski definition) is 4. The normalized spacial score (nSPS) is 15.8. The molecule has 1 unspecified atom stereocenters. The fourth-order valence-electron chi connectivity index (χ4n) is 2.65. The van der Waals surface area contributed by atoms with Gasteiger partial charge in [-0.15, -0.1) is 12.4 Å². The summed E-state index contributed by atoms with van der Waals surface area (Å²) in [5.74, 6) is 0.371. The number of thioether (sulfide) groups is 1. The van der Waals surface area contributed by atoms with Crippen LogP contribution in [0.2, 0.25) is 5.02 Å². The molecule has 1 atom stereocenters. The van der Waals surface area contributed by atoms with Crippen molar-refractivity contribution in [2.75, 3.05) is 25.1 Å².